The molecule has 0 N–H and O–H groups in total. The number of ether oxygens (including phenoxy) is 2. The maximum Gasteiger partial charge on any atom is 0.338 e. The zero-order chi connectivity index (χ0) is 12.0. The Morgan fingerprint density at radius 3 is 2.56 bits per heavy atom. The molecule has 0 heterocycles. The third kappa shape index (κ3) is 3.51. The summed E-state index contributed by atoms with van der Waals surface area (Å²) in [4.78, 5) is 11.6. The monoisotopic (exact) mass is 220 g/mol. The molecule has 0 fully saturated rings. The van der Waals surface area contributed by atoms with Crippen molar-refractivity contribution in [2.24, 2.45) is 0 Å². The van der Waals surface area contributed by atoms with Crippen molar-refractivity contribution in [2.75, 3.05) is 13.7 Å². The van der Waals surface area contributed by atoms with E-state index in [2.05, 4.69) is 6.58 Å². The van der Waals surface area contributed by atoms with E-state index in [1.807, 2.05) is 12.1 Å². The molecule has 0 bridgehead atoms. The third-order valence-corrected chi connectivity index (χ3v) is 2.09. The molecule has 16 heavy (non-hydrogen) atoms. The fraction of sp³-hybridized carbons (Fsp3) is 0.308. The van der Waals surface area contributed by atoms with Gasteiger partial charge in [-0.05, 0) is 24.6 Å². The summed E-state index contributed by atoms with van der Waals surface area (Å²) in [7, 11) is 1.57. The predicted molar refractivity (Wildman–Crippen MR) is 63.3 cm³/mol. The van der Waals surface area contributed by atoms with Crippen molar-refractivity contribution < 1.29 is 14.3 Å². The van der Waals surface area contributed by atoms with E-state index < -0.39 is 0 Å². The van der Waals surface area contributed by atoms with Crippen molar-refractivity contribution >= 4 is 12.0 Å². The van der Waals surface area contributed by atoms with E-state index in [0.29, 0.717) is 12.2 Å². The van der Waals surface area contributed by atoms with Crippen LogP contribution < -0.4 is 0 Å². The highest BCUT2D eigenvalue weighted by atomic mass is 16.6. The molecule has 0 aliphatic carbocycles. The molecule has 0 aliphatic heterocycles. The smallest absolute Gasteiger partial charge is 0.338 e. The van der Waals surface area contributed by atoms with E-state index in [4.69, 9.17) is 9.47 Å². The van der Waals surface area contributed by atoms with Gasteiger partial charge >= 0.3 is 5.97 Å². The van der Waals surface area contributed by atoms with E-state index in [9.17, 15) is 4.79 Å². The molecular formula is C13H16O3. The van der Waals surface area contributed by atoms with Crippen LogP contribution in [0.3, 0.4) is 0 Å². The molecule has 0 spiro atoms. The van der Waals surface area contributed by atoms with E-state index in [1.165, 1.54) is 0 Å². The maximum atomic E-state index is 11.6. The van der Waals surface area contributed by atoms with Crippen LogP contribution in [-0.4, -0.2) is 25.8 Å². The first-order valence-electron chi connectivity index (χ1n) is 5.09. The molecule has 0 saturated carbocycles. The number of hydrogen-bond acceptors (Lipinski definition) is 3. The maximum absolute atomic E-state index is 11.6. The second-order valence-electron chi connectivity index (χ2n) is 3.50. The van der Waals surface area contributed by atoms with Gasteiger partial charge in [0, 0.05) is 7.11 Å². The zero-order valence-electron chi connectivity index (χ0n) is 9.60. The van der Waals surface area contributed by atoms with Crippen LogP contribution in [0.15, 0.2) is 30.8 Å². The molecule has 1 aromatic carbocycles. The SMILES string of the molecule is C=Cc1ccc(C(=O)OC(C)COC)cc1. The summed E-state index contributed by atoms with van der Waals surface area (Å²) < 4.78 is 10.0. The minimum Gasteiger partial charge on any atom is -0.457 e. The van der Waals surface area contributed by atoms with Crippen molar-refractivity contribution in [1.82, 2.24) is 0 Å². The van der Waals surface area contributed by atoms with Crippen LogP contribution in [0.25, 0.3) is 6.08 Å². The number of carbonyl (C=O) groups excluding carboxylic acids is 1. The average Bonchev–Trinajstić information content (AvgIpc) is 2.29. The van der Waals surface area contributed by atoms with Crippen molar-refractivity contribution in [1.29, 1.82) is 0 Å². The highest BCUT2D eigenvalue weighted by Gasteiger charge is 2.11. The van der Waals surface area contributed by atoms with Gasteiger partial charge in [-0.15, -0.1) is 0 Å². The minimum absolute atomic E-state index is 0.239. The largest absolute Gasteiger partial charge is 0.457 e. The van der Waals surface area contributed by atoms with Gasteiger partial charge in [0.05, 0.1) is 12.2 Å². The van der Waals surface area contributed by atoms with Crippen LogP contribution >= 0.6 is 0 Å². The number of methoxy groups -OCH3 is 1. The Hall–Kier alpha value is -1.61. The lowest BCUT2D eigenvalue weighted by molar-refractivity contribution is 0.0120. The molecule has 86 valence electrons. The summed E-state index contributed by atoms with van der Waals surface area (Å²) in [6.45, 7) is 5.84. The first-order chi connectivity index (χ1) is 7.67. The average molecular weight is 220 g/mol. The van der Waals surface area contributed by atoms with Gasteiger partial charge in [-0.3, -0.25) is 0 Å². The van der Waals surface area contributed by atoms with Crippen LogP contribution in [0, 0.1) is 0 Å². The van der Waals surface area contributed by atoms with E-state index >= 15 is 0 Å². The lowest BCUT2D eigenvalue weighted by atomic mass is 10.1. The van der Waals surface area contributed by atoms with Gasteiger partial charge in [0.25, 0.3) is 0 Å². The third-order valence-electron chi connectivity index (χ3n) is 2.09. The molecule has 1 atom stereocenters. The van der Waals surface area contributed by atoms with Crippen molar-refractivity contribution in [3.05, 3.63) is 42.0 Å². The summed E-state index contributed by atoms with van der Waals surface area (Å²) in [6, 6.07) is 7.09. The second-order valence-corrected chi connectivity index (χ2v) is 3.50. The molecule has 1 unspecified atom stereocenters. The normalized spacial score (nSPS) is 11.9. The minimum atomic E-state index is -0.333. The number of hydrogen-bond donors (Lipinski definition) is 0. The molecule has 1 rings (SSSR count). The second kappa shape index (κ2) is 6.08. The van der Waals surface area contributed by atoms with Crippen LogP contribution in [0.5, 0.6) is 0 Å². The van der Waals surface area contributed by atoms with Crippen LogP contribution in [0.1, 0.15) is 22.8 Å². The van der Waals surface area contributed by atoms with Gasteiger partial charge in [-0.2, -0.15) is 0 Å². The fourth-order valence-electron chi connectivity index (χ4n) is 1.27. The standard InChI is InChI=1S/C13H16O3/c1-4-11-5-7-12(8-6-11)13(14)16-10(2)9-15-3/h4-8,10H,1,9H2,2-3H3. The van der Waals surface area contributed by atoms with Crippen molar-refractivity contribution in [2.45, 2.75) is 13.0 Å². The van der Waals surface area contributed by atoms with Crippen LogP contribution in [0.2, 0.25) is 0 Å². The van der Waals surface area contributed by atoms with Gasteiger partial charge in [-0.1, -0.05) is 24.8 Å². The predicted octanol–water partition coefficient (Wildman–Crippen LogP) is 2.52. The molecule has 0 aromatic heterocycles. The van der Waals surface area contributed by atoms with Gasteiger partial charge in [0.1, 0.15) is 6.10 Å². The summed E-state index contributed by atoms with van der Waals surface area (Å²) in [6.07, 6.45) is 1.49. The summed E-state index contributed by atoms with van der Waals surface area (Å²) in [5.41, 5.74) is 1.51. The number of benzene rings is 1. The Labute approximate surface area is 95.7 Å². The van der Waals surface area contributed by atoms with E-state index in [-0.39, 0.29) is 12.1 Å². The number of carbonyl (C=O) groups is 1. The van der Waals surface area contributed by atoms with Crippen LogP contribution in [-0.2, 0) is 9.47 Å². The molecular weight excluding hydrogens is 204 g/mol. The molecule has 0 amide bonds. The zero-order valence-corrected chi connectivity index (χ0v) is 9.60. The van der Waals surface area contributed by atoms with Crippen molar-refractivity contribution in [3.63, 3.8) is 0 Å². The first-order valence-corrected chi connectivity index (χ1v) is 5.09. The Bertz CT molecular complexity index is 354. The Balaban J connectivity index is 2.62. The summed E-state index contributed by atoms with van der Waals surface area (Å²) in [5.74, 6) is -0.333. The highest BCUT2D eigenvalue weighted by Crippen LogP contribution is 2.08. The van der Waals surface area contributed by atoms with Gasteiger partial charge in [0.2, 0.25) is 0 Å². The van der Waals surface area contributed by atoms with E-state index in [0.717, 1.165) is 5.56 Å². The van der Waals surface area contributed by atoms with Crippen LogP contribution in [0.4, 0.5) is 0 Å². The molecule has 0 radical (unpaired) electrons. The topological polar surface area (TPSA) is 35.5 Å². The number of rotatable bonds is 5. The molecule has 0 saturated heterocycles. The van der Waals surface area contributed by atoms with Crippen molar-refractivity contribution in [3.8, 4) is 0 Å². The Kier molecular flexibility index (Phi) is 4.73. The molecule has 0 aliphatic rings. The van der Waals surface area contributed by atoms with E-state index in [1.54, 1.807) is 32.2 Å². The quantitative estimate of drug-likeness (QED) is 0.715. The Morgan fingerprint density at radius 2 is 2.06 bits per heavy atom. The fourth-order valence-corrected chi connectivity index (χ4v) is 1.27. The summed E-state index contributed by atoms with van der Waals surface area (Å²) >= 11 is 0. The lowest BCUT2D eigenvalue weighted by Crippen LogP contribution is -2.19. The van der Waals surface area contributed by atoms with Gasteiger partial charge < -0.3 is 9.47 Å². The molecule has 3 nitrogen and oxygen atoms in total. The van der Waals surface area contributed by atoms with Gasteiger partial charge in [-0.25, -0.2) is 4.79 Å². The number of esters is 1. The summed E-state index contributed by atoms with van der Waals surface area (Å²) in [5, 5.41) is 0. The van der Waals surface area contributed by atoms with Gasteiger partial charge in [0.15, 0.2) is 0 Å². The molecule has 3 heteroatoms. The lowest BCUT2D eigenvalue weighted by Gasteiger charge is -2.11. The Morgan fingerprint density at radius 1 is 1.44 bits per heavy atom. The highest BCUT2D eigenvalue weighted by molar-refractivity contribution is 5.89. The first kappa shape index (κ1) is 12.5. The molecule has 1 aromatic rings.